The SMILES string of the molecule is COC(=O)C(=N)c1ccc(OC)c(OC)c1.Cl. The molecule has 0 saturated heterocycles. The Bertz CT molecular complexity index is 420. The van der Waals surface area contributed by atoms with Crippen molar-refractivity contribution in [2.24, 2.45) is 0 Å². The monoisotopic (exact) mass is 259 g/mol. The van der Waals surface area contributed by atoms with E-state index in [1.807, 2.05) is 0 Å². The number of methoxy groups -OCH3 is 3. The number of nitrogens with one attached hydrogen (secondary N) is 1. The van der Waals surface area contributed by atoms with Gasteiger partial charge in [0, 0.05) is 5.56 Å². The van der Waals surface area contributed by atoms with E-state index in [9.17, 15) is 4.79 Å². The largest absolute Gasteiger partial charge is 0.493 e. The molecule has 0 aromatic heterocycles. The molecule has 6 heteroatoms. The topological polar surface area (TPSA) is 68.6 Å². The minimum atomic E-state index is -0.688. The van der Waals surface area contributed by atoms with Crippen molar-refractivity contribution in [3.8, 4) is 11.5 Å². The zero-order valence-corrected chi connectivity index (χ0v) is 10.6. The van der Waals surface area contributed by atoms with E-state index >= 15 is 0 Å². The van der Waals surface area contributed by atoms with Gasteiger partial charge >= 0.3 is 5.97 Å². The van der Waals surface area contributed by atoms with Crippen LogP contribution in [0.5, 0.6) is 11.5 Å². The van der Waals surface area contributed by atoms with Gasteiger partial charge in [-0.05, 0) is 18.2 Å². The minimum absolute atomic E-state index is 0. The molecule has 0 radical (unpaired) electrons. The maximum Gasteiger partial charge on any atom is 0.356 e. The van der Waals surface area contributed by atoms with Gasteiger partial charge in [0.1, 0.15) is 5.71 Å². The van der Waals surface area contributed by atoms with Gasteiger partial charge in [-0.3, -0.25) is 5.41 Å². The van der Waals surface area contributed by atoms with E-state index < -0.39 is 5.97 Å². The number of hydrogen-bond acceptors (Lipinski definition) is 5. The molecule has 0 unspecified atom stereocenters. The van der Waals surface area contributed by atoms with Crippen LogP contribution in [-0.2, 0) is 9.53 Å². The molecule has 1 rings (SSSR count). The van der Waals surface area contributed by atoms with Gasteiger partial charge in [-0.25, -0.2) is 4.79 Å². The summed E-state index contributed by atoms with van der Waals surface area (Å²) < 4.78 is 14.6. The van der Waals surface area contributed by atoms with Crippen molar-refractivity contribution < 1.29 is 19.0 Å². The summed E-state index contributed by atoms with van der Waals surface area (Å²) in [4.78, 5) is 11.1. The third kappa shape index (κ3) is 3.35. The number of esters is 1. The van der Waals surface area contributed by atoms with Gasteiger partial charge in [-0.15, -0.1) is 12.4 Å². The van der Waals surface area contributed by atoms with Gasteiger partial charge < -0.3 is 14.2 Å². The second-order valence-electron chi connectivity index (χ2n) is 2.94. The van der Waals surface area contributed by atoms with E-state index in [0.29, 0.717) is 17.1 Å². The van der Waals surface area contributed by atoms with Gasteiger partial charge in [-0.2, -0.15) is 0 Å². The van der Waals surface area contributed by atoms with Crippen molar-refractivity contribution in [2.75, 3.05) is 21.3 Å². The van der Waals surface area contributed by atoms with E-state index in [4.69, 9.17) is 14.9 Å². The lowest BCUT2D eigenvalue weighted by molar-refractivity contribution is -0.132. The first-order valence-corrected chi connectivity index (χ1v) is 4.53. The van der Waals surface area contributed by atoms with Crippen LogP contribution in [0.25, 0.3) is 0 Å². The fraction of sp³-hybridized carbons (Fsp3) is 0.273. The molecule has 17 heavy (non-hydrogen) atoms. The summed E-state index contributed by atoms with van der Waals surface area (Å²) in [5, 5.41) is 7.56. The van der Waals surface area contributed by atoms with Crippen molar-refractivity contribution in [3.05, 3.63) is 23.8 Å². The van der Waals surface area contributed by atoms with Crippen molar-refractivity contribution in [1.82, 2.24) is 0 Å². The Kier molecular flexibility index (Phi) is 6.06. The molecule has 1 aromatic carbocycles. The maximum atomic E-state index is 11.1. The van der Waals surface area contributed by atoms with Crippen LogP contribution in [0.3, 0.4) is 0 Å². The van der Waals surface area contributed by atoms with Crippen molar-refractivity contribution in [3.63, 3.8) is 0 Å². The summed E-state index contributed by atoms with van der Waals surface area (Å²) in [5.41, 5.74) is 0.202. The molecule has 0 aliphatic rings. The van der Waals surface area contributed by atoms with Crippen LogP contribution in [0.2, 0.25) is 0 Å². The number of benzene rings is 1. The minimum Gasteiger partial charge on any atom is -0.493 e. The Labute approximate surface area is 106 Å². The van der Waals surface area contributed by atoms with E-state index in [2.05, 4.69) is 4.74 Å². The number of halogens is 1. The van der Waals surface area contributed by atoms with Crippen molar-refractivity contribution in [1.29, 1.82) is 5.41 Å². The van der Waals surface area contributed by atoms with Gasteiger partial charge in [0.2, 0.25) is 0 Å². The van der Waals surface area contributed by atoms with Gasteiger partial charge in [0.05, 0.1) is 21.3 Å². The zero-order valence-electron chi connectivity index (χ0n) is 9.77. The first-order valence-electron chi connectivity index (χ1n) is 4.53. The van der Waals surface area contributed by atoms with Crippen LogP contribution >= 0.6 is 12.4 Å². The predicted molar refractivity (Wildman–Crippen MR) is 65.6 cm³/mol. The van der Waals surface area contributed by atoms with Gasteiger partial charge in [0.15, 0.2) is 11.5 Å². The average molecular weight is 260 g/mol. The lowest BCUT2D eigenvalue weighted by Gasteiger charge is -2.09. The average Bonchev–Trinajstić information content (AvgIpc) is 2.35. The number of carbonyl (C=O) groups is 1. The van der Waals surface area contributed by atoms with Crippen molar-refractivity contribution >= 4 is 24.1 Å². The van der Waals surface area contributed by atoms with Crippen molar-refractivity contribution in [2.45, 2.75) is 0 Å². The fourth-order valence-electron chi connectivity index (χ4n) is 1.21. The van der Waals surface area contributed by atoms with E-state index in [0.717, 1.165) is 0 Å². The van der Waals surface area contributed by atoms with Crippen LogP contribution in [0.15, 0.2) is 18.2 Å². The molecule has 1 aromatic rings. The predicted octanol–water partition coefficient (Wildman–Crippen LogP) is 1.67. The highest BCUT2D eigenvalue weighted by atomic mass is 35.5. The van der Waals surface area contributed by atoms with Gasteiger partial charge in [0.25, 0.3) is 0 Å². The first-order chi connectivity index (χ1) is 7.63. The molecule has 0 aliphatic heterocycles. The molecule has 0 fully saturated rings. The quantitative estimate of drug-likeness (QED) is 0.660. The summed E-state index contributed by atoms with van der Waals surface area (Å²) in [7, 11) is 4.24. The molecule has 0 atom stereocenters. The first kappa shape index (κ1) is 15.2. The van der Waals surface area contributed by atoms with E-state index in [-0.39, 0.29) is 18.1 Å². The zero-order chi connectivity index (χ0) is 12.1. The Morgan fingerprint density at radius 2 is 1.71 bits per heavy atom. The van der Waals surface area contributed by atoms with Crippen LogP contribution in [0.4, 0.5) is 0 Å². The molecule has 0 aliphatic carbocycles. The number of ether oxygens (including phenoxy) is 3. The summed E-state index contributed by atoms with van der Waals surface area (Å²) in [6.45, 7) is 0. The molecule has 0 spiro atoms. The second-order valence-corrected chi connectivity index (χ2v) is 2.94. The maximum absolute atomic E-state index is 11.1. The molecular weight excluding hydrogens is 246 g/mol. The van der Waals surface area contributed by atoms with Crippen LogP contribution in [0.1, 0.15) is 5.56 Å². The number of carbonyl (C=O) groups excluding carboxylic acids is 1. The second kappa shape index (κ2) is 6.75. The molecule has 5 nitrogen and oxygen atoms in total. The molecular formula is C11H14ClNO4. The van der Waals surface area contributed by atoms with E-state index in [1.54, 1.807) is 18.2 Å². The summed E-state index contributed by atoms with van der Waals surface area (Å²) >= 11 is 0. The summed E-state index contributed by atoms with van der Waals surface area (Å²) in [5.74, 6) is 0.324. The smallest absolute Gasteiger partial charge is 0.356 e. The summed E-state index contributed by atoms with van der Waals surface area (Å²) in [6, 6.07) is 4.78. The van der Waals surface area contributed by atoms with Crippen LogP contribution in [0, 0.1) is 5.41 Å². The third-order valence-electron chi connectivity index (χ3n) is 2.06. The Morgan fingerprint density at radius 3 is 2.18 bits per heavy atom. The number of hydrogen-bond donors (Lipinski definition) is 1. The van der Waals surface area contributed by atoms with Gasteiger partial charge in [-0.1, -0.05) is 0 Å². The Hall–Kier alpha value is -1.75. The molecule has 0 saturated carbocycles. The molecule has 0 amide bonds. The Balaban J connectivity index is 0.00000256. The third-order valence-corrected chi connectivity index (χ3v) is 2.06. The molecule has 1 N–H and O–H groups in total. The van der Waals surface area contributed by atoms with Crippen LogP contribution < -0.4 is 9.47 Å². The van der Waals surface area contributed by atoms with E-state index in [1.165, 1.54) is 21.3 Å². The number of rotatable bonds is 4. The normalized spacial score (nSPS) is 8.88. The fourth-order valence-corrected chi connectivity index (χ4v) is 1.21. The standard InChI is InChI=1S/C11H13NO4.ClH/c1-14-8-5-4-7(6-9(8)15-2)10(12)11(13)16-3;/h4-6,12H,1-3H3;1H. The lowest BCUT2D eigenvalue weighted by Crippen LogP contribution is -2.15. The molecule has 94 valence electrons. The highest BCUT2D eigenvalue weighted by Crippen LogP contribution is 2.27. The highest BCUT2D eigenvalue weighted by Gasteiger charge is 2.14. The summed E-state index contributed by atoms with van der Waals surface area (Å²) in [6.07, 6.45) is 0. The Morgan fingerprint density at radius 1 is 1.12 bits per heavy atom. The lowest BCUT2D eigenvalue weighted by atomic mass is 10.1. The molecule has 0 bridgehead atoms. The molecule has 0 heterocycles. The van der Waals surface area contributed by atoms with Crippen LogP contribution in [-0.4, -0.2) is 33.0 Å². The highest BCUT2D eigenvalue weighted by molar-refractivity contribution is 6.42.